The second kappa shape index (κ2) is 7.92. The lowest BCUT2D eigenvalue weighted by atomic mass is 9.83. The summed E-state index contributed by atoms with van der Waals surface area (Å²) in [5, 5.41) is 8.81. The fourth-order valence-electron chi connectivity index (χ4n) is 3.12. The summed E-state index contributed by atoms with van der Waals surface area (Å²) in [6, 6.07) is 0. The van der Waals surface area contributed by atoms with Gasteiger partial charge in [0.1, 0.15) is 0 Å². The fraction of sp³-hybridized carbons (Fsp3) is 0.875. The monoisotopic (exact) mass is 238 g/mol. The van der Waals surface area contributed by atoms with Crippen molar-refractivity contribution in [1.29, 1.82) is 0 Å². The predicted molar refractivity (Wildman–Crippen MR) is 75.0 cm³/mol. The summed E-state index contributed by atoms with van der Waals surface area (Å²) in [5.74, 6) is 2.39. The van der Waals surface area contributed by atoms with E-state index in [1.54, 1.807) is 0 Å². The first-order chi connectivity index (χ1) is 8.11. The van der Waals surface area contributed by atoms with Crippen LogP contribution in [0.5, 0.6) is 0 Å². The highest BCUT2D eigenvalue weighted by Gasteiger charge is 2.17. The third-order valence-electron chi connectivity index (χ3n) is 4.17. The lowest BCUT2D eigenvalue weighted by Crippen LogP contribution is -2.15. The van der Waals surface area contributed by atoms with Crippen molar-refractivity contribution in [3.8, 4) is 0 Å². The first kappa shape index (κ1) is 14.8. The van der Waals surface area contributed by atoms with Crippen molar-refractivity contribution < 1.29 is 5.11 Å². The number of aliphatic hydroxyl groups is 1. The van der Waals surface area contributed by atoms with E-state index in [4.69, 9.17) is 5.11 Å². The molecule has 1 nitrogen and oxygen atoms in total. The van der Waals surface area contributed by atoms with Crippen LogP contribution in [0.1, 0.15) is 65.2 Å². The Balaban J connectivity index is 0.000000171. The zero-order valence-electron chi connectivity index (χ0n) is 11.8. The van der Waals surface area contributed by atoms with Crippen molar-refractivity contribution in [2.75, 3.05) is 6.61 Å². The molecule has 0 amide bonds. The molecule has 2 fully saturated rings. The summed E-state index contributed by atoms with van der Waals surface area (Å²) in [6.45, 7) is 8.96. The summed E-state index contributed by atoms with van der Waals surface area (Å²) < 4.78 is 0. The van der Waals surface area contributed by atoms with E-state index in [1.165, 1.54) is 56.9 Å². The molecule has 0 saturated heterocycles. The van der Waals surface area contributed by atoms with Gasteiger partial charge in [0.25, 0.3) is 0 Å². The average molecular weight is 238 g/mol. The molecular weight excluding hydrogens is 208 g/mol. The minimum atomic E-state index is 0.407. The van der Waals surface area contributed by atoms with Gasteiger partial charge in [-0.3, -0.25) is 0 Å². The number of hydrogen-bond acceptors (Lipinski definition) is 1. The summed E-state index contributed by atoms with van der Waals surface area (Å²) in [4.78, 5) is 0. The molecule has 0 unspecified atom stereocenters. The van der Waals surface area contributed by atoms with E-state index in [2.05, 4.69) is 20.4 Å². The Kier molecular flexibility index (Phi) is 6.87. The standard InChI is InChI=1S/C8H16O.C8H14/c1-7-3-2-4-8(5-7)6-9;1-7-4-3-5-8(2)6-7/h7-9H,2-6H2,1H3;8H,1,3-6H2,2H3/t7-,8+;8-/m11/s1. The highest BCUT2D eigenvalue weighted by atomic mass is 16.3. The zero-order chi connectivity index (χ0) is 12.7. The Hall–Kier alpha value is -0.300. The Bertz CT molecular complexity index is 222. The lowest BCUT2D eigenvalue weighted by Gasteiger charge is -2.24. The number of hydrogen-bond donors (Lipinski definition) is 1. The Morgan fingerprint density at radius 2 is 1.82 bits per heavy atom. The van der Waals surface area contributed by atoms with Crippen molar-refractivity contribution in [2.24, 2.45) is 17.8 Å². The molecule has 0 radical (unpaired) electrons. The molecule has 0 aliphatic heterocycles. The van der Waals surface area contributed by atoms with Crippen LogP contribution in [0, 0.1) is 17.8 Å². The second-order valence-corrected chi connectivity index (χ2v) is 6.27. The van der Waals surface area contributed by atoms with Crippen molar-refractivity contribution in [2.45, 2.75) is 65.2 Å². The molecule has 0 spiro atoms. The summed E-state index contributed by atoms with van der Waals surface area (Å²) in [6.07, 6.45) is 10.5. The van der Waals surface area contributed by atoms with Gasteiger partial charge in [0.05, 0.1) is 0 Å². The van der Waals surface area contributed by atoms with Gasteiger partial charge in [-0.1, -0.05) is 45.3 Å². The number of allylic oxidation sites excluding steroid dienone is 1. The molecule has 2 saturated carbocycles. The van der Waals surface area contributed by atoms with Gasteiger partial charge in [-0.2, -0.15) is 0 Å². The lowest BCUT2D eigenvalue weighted by molar-refractivity contribution is 0.166. The van der Waals surface area contributed by atoms with E-state index < -0.39 is 0 Å². The normalized spacial score (nSPS) is 33.8. The van der Waals surface area contributed by atoms with Crippen LogP contribution in [0.4, 0.5) is 0 Å². The minimum absolute atomic E-state index is 0.407. The molecule has 0 aromatic heterocycles. The molecule has 0 aromatic carbocycles. The molecule has 0 aromatic rings. The van der Waals surface area contributed by atoms with E-state index >= 15 is 0 Å². The third-order valence-corrected chi connectivity index (χ3v) is 4.17. The first-order valence-corrected chi connectivity index (χ1v) is 7.39. The van der Waals surface area contributed by atoms with Crippen LogP contribution in [0.25, 0.3) is 0 Å². The quantitative estimate of drug-likeness (QED) is 0.664. The molecule has 2 aliphatic carbocycles. The van der Waals surface area contributed by atoms with Crippen molar-refractivity contribution in [1.82, 2.24) is 0 Å². The molecule has 2 aliphatic rings. The van der Waals surface area contributed by atoms with Crippen molar-refractivity contribution >= 4 is 0 Å². The van der Waals surface area contributed by atoms with E-state index in [0.717, 1.165) is 11.8 Å². The maximum absolute atomic E-state index is 8.81. The van der Waals surface area contributed by atoms with Gasteiger partial charge in [-0.25, -0.2) is 0 Å². The first-order valence-electron chi connectivity index (χ1n) is 7.39. The maximum atomic E-state index is 8.81. The van der Waals surface area contributed by atoms with E-state index in [1.807, 2.05) is 0 Å². The number of aliphatic hydroxyl groups excluding tert-OH is 1. The van der Waals surface area contributed by atoms with Crippen molar-refractivity contribution in [3.63, 3.8) is 0 Å². The summed E-state index contributed by atoms with van der Waals surface area (Å²) in [5.41, 5.74) is 1.46. The van der Waals surface area contributed by atoms with E-state index in [-0.39, 0.29) is 0 Å². The Morgan fingerprint density at radius 3 is 2.24 bits per heavy atom. The van der Waals surface area contributed by atoms with Gasteiger partial charge in [0, 0.05) is 6.61 Å². The van der Waals surface area contributed by atoms with Gasteiger partial charge in [0.2, 0.25) is 0 Å². The smallest absolute Gasteiger partial charge is 0.0459 e. The maximum Gasteiger partial charge on any atom is 0.0459 e. The highest BCUT2D eigenvalue weighted by molar-refractivity contribution is 4.98. The van der Waals surface area contributed by atoms with Crippen LogP contribution in [0.3, 0.4) is 0 Å². The Morgan fingerprint density at radius 1 is 1.12 bits per heavy atom. The van der Waals surface area contributed by atoms with Crippen LogP contribution in [-0.2, 0) is 0 Å². The molecule has 0 bridgehead atoms. The van der Waals surface area contributed by atoms with Gasteiger partial charge in [-0.05, 0) is 49.9 Å². The summed E-state index contributed by atoms with van der Waals surface area (Å²) >= 11 is 0. The molecule has 3 atom stereocenters. The minimum Gasteiger partial charge on any atom is -0.396 e. The molecule has 2 rings (SSSR count). The molecule has 100 valence electrons. The van der Waals surface area contributed by atoms with Crippen molar-refractivity contribution in [3.05, 3.63) is 12.2 Å². The SMILES string of the molecule is C=C1CCC[C@@H](C)C1.C[C@@H]1CCC[C@H](CO)C1. The van der Waals surface area contributed by atoms with E-state index in [0.29, 0.717) is 12.5 Å². The highest BCUT2D eigenvalue weighted by Crippen LogP contribution is 2.27. The molecule has 0 heterocycles. The zero-order valence-corrected chi connectivity index (χ0v) is 11.8. The van der Waals surface area contributed by atoms with Gasteiger partial charge < -0.3 is 5.11 Å². The van der Waals surface area contributed by atoms with E-state index in [9.17, 15) is 0 Å². The van der Waals surface area contributed by atoms with Crippen LogP contribution in [0.2, 0.25) is 0 Å². The van der Waals surface area contributed by atoms with Crippen LogP contribution in [0.15, 0.2) is 12.2 Å². The molecule has 17 heavy (non-hydrogen) atoms. The fourth-order valence-corrected chi connectivity index (χ4v) is 3.12. The van der Waals surface area contributed by atoms with Gasteiger partial charge in [-0.15, -0.1) is 0 Å². The largest absolute Gasteiger partial charge is 0.396 e. The van der Waals surface area contributed by atoms with Gasteiger partial charge >= 0.3 is 0 Å². The molecule has 1 N–H and O–H groups in total. The van der Waals surface area contributed by atoms with Gasteiger partial charge in [0.15, 0.2) is 0 Å². The molecule has 1 heteroatoms. The average Bonchev–Trinajstić information content (AvgIpc) is 2.29. The Labute approximate surface area is 107 Å². The van der Waals surface area contributed by atoms with Crippen LogP contribution in [-0.4, -0.2) is 11.7 Å². The van der Waals surface area contributed by atoms with Crippen LogP contribution >= 0.6 is 0 Å². The summed E-state index contributed by atoms with van der Waals surface area (Å²) in [7, 11) is 0. The number of rotatable bonds is 1. The topological polar surface area (TPSA) is 20.2 Å². The third kappa shape index (κ3) is 6.26. The van der Waals surface area contributed by atoms with Crippen LogP contribution < -0.4 is 0 Å². The predicted octanol–water partition coefficient (Wildman–Crippen LogP) is 4.56. The molecular formula is C16H30O. The second-order valence-electron chi connectivity index (χ2n) is 6.27.